The molecule has 4 aromatic carbocycles. The number of anilines is 2. The van der Waals surface area contributed by atoms with Crippen LogP contribution in [0.15, 0.2) is 102 Å². The quantitative estimate of drug-likeness (QED) is 0.127. The summed E-state index contributed by atoms with van der Waals surface area (Å²) in [6, 6.07) is 25.3. The summed E-state index contributed by atoms with van der Waals surface area (Å²) in [5, 5.41) is 14.5. The monoisotopic (exact) mass is 581 g/mol. The number of aryl methyl sites for hydroxylation is 2. The molecule has 3 atom stereocenters. The SMILES string of the molecule is Cc1ccc(NS(=O)(=O)c2ccc3c(c2)[C@H]2C=CC[C@H]2[C@@H](c2ccc(OCc4ccc([N+](=O)[O-])cc4)cc2)N3)c(C)c1. The number of hydrogen-bond donors (Lipinski definition) is 2. The maximum Gasteiger partial charge on any atom is 0.269 e. The normalized spacial score (nSPS) is 19.0. The number of nitro benzene ring substituents is 1. The van der Waals surface area contributed by atoms with E-state index in [1.54, 1.807) is 30.3 Å². The lowest BCUT2D eigenvalue weighted by atomic mass is 9.77. The van der Waals surface area contributed by atoms with Gasteiger partial charge >= 0.3 is 0 Å². The molecule has 4 aromatic rings. The number of allylic oxidation sites excluding steroid dienone is 2. The Hall–Kier alpha value is -4.63. The van der Waals surface area contributed by atoms with E-state index in [0.717, 1.165) is 39.9 Å². The van der Waals surface area contributed by atoms with E-state index in [2.05, 4.69) is 34.3 Å². The summed E-state index contributed by atoms with van der Waals surface area (Å²) >= 11 is 0. The van der Waals surface area contributed by atoms with Crippen LogP contribution in [0.4, 0.5) is 17.1 Å². The van der Waals surface area contributed by atoms with Crippen LogP contribution in [0.3, 0.4) is 0 Å². The highest BCUT2D eigenvalue weighted by molar-refractivity contribution is 7.92. The molecule has 6 rings (SSSR count). The van der Waals surface area contributed by atoms with Gasteiger partial charge in [-0.2, -0.15) is 0 Å². The average molecular weight is 582 g/mol. The zero-order valence-corrected chi connectivity index (χ0v) is 24.1. The summed E-state index contributed by atoms with van der Waals surface area (Å²) in [7, 11) is -3.76. The molecule has 9 heteroatoms. The standard InChI is InChI=1S/C33H31N3O5S/c1-21-6-16-31(22(2)18-21)35-42(39,40)27-15-17-32-30(19-27)28-4-3-5-29(28)33(34-32)24-9-13-26(14-10-24)41-20-23-7-11-25(12-8-23)36(37)38/h3-4,6-19,28-29,33-35H,5,20H2,1-2H3/t28-,29+,33+/m0/s1. The number of rotatable bonds is 8. The summed E-state index contributed by atoms with van der Waals surface area (Å²) in [5.41, 5.74) is 6.46. The number of fused-ring (bicyclic) bond motifs is 3. The van der Waals surface area contributed by atoms with Crippen LogP contribution in [0.1, 0.15) is 46.2 Å². The third-order valence-corrected chi connectivity index (χ3v) is 9.43. The molecular weight excluding hydrogens is 550 g/mol. The maximum absolute atomic E-state index is 13.3. The Balaban J connectivity index is 1.18. The van der Waals surface area contributed by atoms with Gasteiger partial charge in [0, 0.05) is 23.7 Å². The topological polar surface area (TPSA) is 111 Å². The molecule has 0 fully saturated rings. The lowest BCUT2D eigenvalue weighted by Crippen LogP contribution is -2.29. The van der Waals surface area contributed by atoms with Gasteiger partial charge in [0.2, 0.25) is 0 Å². The molecule has 2 aliphatic rings. The fourth-order valence-electron chi connectivity index (χ4n) is 5.85. The van der Waals surface area contributed by atoms with Crippen molar-refractivity contribution in [1.29, 1.82) is 0 Å². The van der Waals surface area contributed by atoms with Crippen molar-refractivity contribution in [3.8, 4) is 5.75 Å². The first-order valence-corrected chi connectivity index (χ1v) is 15.3. The first-order chi connectivity index (χ1) is 20.2. The lowest BCUT2D eigenvalue weighted by molar-refractivity contribution is -0.384. The largest absolute Gasteiger partial charge is 0.489 e. The molecule has 0 bridgehead atoms. The van der Waals surface area contributed by atoms with Gasteiger partial charge in [0.25, 0.3) is 15.7 Å². The van der Waals surface area contributed by atoms with Gasteiger partial charge in [-0.1, -0.05) is 42.0 Å². The second-order valence-corrected chi connectivity index (χ2v) is 12.6. The van der Waals surface area contributed by atoms with Crippen LogP contribution >= 0.6 is 0 Å². The average Bonchev–Trinajstić information content (AvgIpc) is 3.48. The van der Waals surface area contributed by atoms with Gasteiger partial charge in [-0.25, -0.2) is 8.42 Å². The van der Waals surface area contributed by atoms with Gasteiger partial charge in [0.15, 0.2) is 0 Å². The van der Waals surface area contributed by atoms with Gasteiger partial charge in [-0.05, 0) is 97.0 Å². The zero-order chi connectivity index (χ0) is 29.4. The van der Waals surface area contributed by atoms with Crippen molar-refractivity contribution in [1.82, 2.24) is 0 Å². The number of sulfonamides is 1. The van der Waals surface area contributed by atoms with E-state index < -0.39 is 14.9 Å². The van der Waals surface area contributed by atoms with E-state index in [1.165, 1.54) is 12.1 Å². The third-order valence-electron chi connectivity index (χ3n) is 8.06. The number of non-ortho nitro benzene ring substituents is 1. The molecule has 1 heterocycles. The lowest BCUT2D eigenvalue weighted by Gasteiger charge is -2.37. The summed E-state index contributed by atoms with van der Waals surface area (Å²) in [5.74, 6) is 1.05. The van der Waals surface area contributed by atoms with Crippen molar-refractivity contribution in [2.24, 2.45) is 5.92 Å². The Morgan fingerprint density at radius 3 is 2.45 bits per heavy atom. The van der Waals surface area contributed by atoms with Crippen LogP contribution in [-0.4, -0.2) is 13.3 Å². The predicted molar refractivity (Wildman–Crippen MR) is 163 cm³/mol. The van der Waals surface area contributed by atoms with Crippen molar-refractivity contribution in [2.45, 2.75) is 43.7 Å². The van der Waals surface area contributed by atoms with E-state index in [1.807, 2.05) is 44.2 Å². The van der Waals surface area contributed by atoms with Crippen molar-refractivity contribution in [2.75, 3.05) is 10.0 Å². The first-order valence-electron chi connectivity index (χ1n) is 13.8. The molecule has 0 amide bonds. The number of hydrogen-bond acceptors (Lipinski definition) is 6. The Bertz CT molecular complexity index is 1780. The Labute approximate surface area is 245 Å². The van der Waals surface area contributed by atoms with Gasteiger partial charge in [-0.15, -0.1) is 0 Å². The van der Waals surface area contributed by atoms with Crippen molar-refractivity contribution in [3.05, 3.63) is 135 Å². The van der Waals surface area contributed by atoms with E-state index in [4.69, 9.17) is 4.74 Å². The second-order valence-electron chi connectivity index (χ2n) is 10.9. The van der Waals surface area contributed by atoms with Crippen LogP contribution in [-0.2, 0) is 16.6 Å². The number of nitrogens with zero attached hydrogens (tertiary/aromatic N) is 1. The molecule has 0 saturated heterocycles. The maximum atomic E-state index is 13.3. The highest BCUT2D eigenvalue weighted by atomic mass is 32.2. The fourth-order valence-corrected chi connectivity index (χ4v) is 7.02. The van der Waals surface area contributed by atoms with E-state index in [0.29, 0.717) is 18.0 Å². The van der Waals surface area contributed by atoms with Gasteiger partial charge in [0.05, 0.1) is 21.5 Å². The third kappa shape index (κ3) is 5.47. The highest BCUT2D eigenvalue weighted by Gasteiger charge is 2.38. The minimum Gasteiger partial charge on any atom is -0.489 e. The van der Waals surface area contributed by atoms with E-state index in [9.17, 15) is 18.5 Å². The Morgan fingerprint density at radius 2 is 1.74 bits per heavy atom. The molecule has 42 heavy (non-hydrogen) atoms. The highest BCUT2D eigenvalue weighted by Crippen LogP contribution is 2.50. The number of nitrogens with one attached hydrogen (secondary N) is 2. The van der Waals surface area contributed by atoms with E-state index >= 15 is 0 Å². The minimum absolute atomic E-state index is 0.0520. The second kappa shape index (κ2) is 11.0. The number of ether oxygens (including phenoxy) is 1. The molecule has 2 N–H and O–H groups in total. The number of nitro groups is 1. The summed E-state index contributed by atoms with van der Waals surface area (Å²) in [6.07, 6.45) is 5.25. The van der Waals surface area contributed by atoms with Crippen LogP contribution in [0, 0.1) is 29.9 Å². The molecule has 214 valence electrons. The Morgan fingerprint density at radius 1 is 0.976 bits per heavy atom. The van der Waals surface area contributed by atoms with Crippen molar-refractivity contribution < 1.29 is 18.1 Å². The molecule has 0 saturated carbocycles. The Kier molecular flexibility index (Phi) is 7.20. The van der Waals surface area contributed by atoms with Gasteiger partial charge < -0.3 is 10.1 Å². The summed E-state index contributed by atoms with van der Waals surface area (Å²) in [4.78, 5) is 10.7. The fraction of sp³-hybridized carbons (Fsp3) is 0.212. The molecule has 0 unspecified atom stereocenters. The minimum atomic E-state index is -3.76. The molecule has 1 aliphatic heterocycles. The zero-order valence-electron chi connectivity index (χ0n) is 23.3. The molecule has 0 spiro atoms. The predicted octanol–water partition coefficient (Wildman–Crippen LogP) is 7.42. The van der Waals surface area contributed by atoms with E-state index in [-0.39, 0.29) is 28.5 Å². The summed E-state index contributed by atoms with van der Waals surface area (Å²) in [6.45, 7) is 4.19. The van der Waals surface area contributed by atoms with Gasteiger partial charge in [0.1, 0.15) is 12.4 Å². The molecule has 0 aromatic heterocycles. The molecule has 1 aliphatic carbocycles. The molecule has 0 radical (unpaired) electrons. The van der Waals surface area contributed by atoms with Crippen LogP contribution in [0.5, 0.6) is 5.75 Å². The van der Waals surface area contributed by atoms with Gasteiger partial charge in [-0.3, -0.25) is 14.8 Å². The number of benzene rings is 4. The van der Waals surface area contributed by atoms with Crippen LogP contribution in [0.25, 0.3) is 0 Å². The van der Waals surface area contributed by atoms with Crippen LogP contribution < -0.4 is 14.8 Å². The summed E-state index contributed by atoms with van der Waals surface area (Å²) < 4.78 is 35.3. The molecular formula is C33H31N3O5S. The molecule has 8 nitrogen and oxygen atoms in total. The first kappa shape index (κ1) is 27.5. The smallest absolute Gasteiger partial charge is 0.269 e. The van der Waals surface area contributed by atoms with Crippen LogP contribution in [0.2, 0.25) is 0 Å². The van der Waals surface area contributed by atoms with Crippen molar-refractivity contribution in [3.63, 3.8) is 0 Å². The van der Waals surface area contributed by atoms with Crippen molar-refractivity contribution >= 4 is 27.1 Å².